The minimum Gasteiger partial charge on any atom is -0.497 e. The molecule has 2 aromatic heterocycles. The number of nitrogens with one attached hydrogen (secondary N) is 1. The van der Waals surface area contributed by atoms with E-state index >= 15 is 0 Å². The molecule has 0 fully saturated rings. The third-order valence-electron chi connectivity index (χ3n) is 4.86. The molecule has 27 heavy (non-hydrogen) atoms. The zero-order valence-corrected chi connectivity index (χ0v) is 16.6. The molecule has 6 heteroatoms. The van der Waals surface area contributed by atoms with Crippen molar-refractivity contribution in [1.82, 2.24) is 14.2 Å². The van der Waals surface area contributed by atoms with Crippen molar-refractivity contribution >= 4 is 28.8 Å². The van der Waals surface area contributed by atoms with Crippen molar-refractivity contribution in [3.05, 3.63) is 70.5 Å². The molecule has 0 bridgehead atoms. The lowest BCUT2D eigenvalue weighted by molar-refractivity contribution is -0.917. The van der Waals surface area contributed by atoms with Gasteiger partial charge < -0.3 is 9.64 Å². The van der Waals surface area contributed by atoms with Gasteiger partial charge in [-0.2, -0.15) is 4.68 Å². The fourth-order valence-electron chi connectivity index (χ4n) is 3.52. The van der Waals surface area contributed by atoms with Crippen molar-refractivity contribution in [3.63, 3.8) is 0 Å². The number of ether oxygens (including phenoxy) is 1. The predicted octanol–water partition coefficient (Wildman–Crippen LogP) is 3.01. The summed E-state index contributed by atoms with van der Waals surface area (Å²) in [4.78, 5) is 1.31. The van der Waals surface area contributed by atoms with Gasteiger partial charge in [-0.3, -0.25) is 4.40 Å². The largest absolute Gasteiger partial charge is 0.497 e. The summed E-state index contributed by atoms with van der Waals surface area (Å²) < 4.78 is 9.95. The van der Waals surface area contributed by atoms with Crippen LogP contribution in [0.15, 0.2) is 54.6 Å². The number of fused-ring (bicyclic) bond motifs is 3. The van der Waals surface area contributed by atoms with Crippen LogP contribution in [0.3, 0.4) is 0 Å². The molecule has 1 atom stereocenters. The molecule has 0 amide bonds. The summed E-state index contributed by atoms with van der Waals surface area (Å²) in [6.07, 6.45) is 0. The normalized spacial score (nSPS) is 12.6. The highest BCUT2D eigenvalue weighted by molar-refractivity contribution is 7.71. The van der Waals surface area contributed by atoms with Crippen LogP contribution in [0.25, 0.3) is 16.6 Å². The van der Waals surface area contributed by atoms with Gasteiger partial charge >= 0.3 is 0 Å². The first-order chi connectivity index (χ1) is 13.1. The molecule has 2 heterocycles. The minimum absolute atomic E-state index is 0.708. The van der Waals surface area contributed by atoms with Crippen molar-refractivity contribution in [2.75, 3.05) is 14.2 Å². The van der Waals surface area contributed by atoms with Crippen LogP contribution in [0.4, 0.5) is 0 Å². The molecule has 2 aromatic carbocycles. The van der Waals surface area contributed by atoms with E-state index < -0.39 is 0 Å². The first-order valence-corrected chi connectivity index (χ1v) is 9.40. The van der Waals surface area contributed by atoms with E-state index in [1.807, 2.05) is 22.9 Å². The van der Waals surface area contributed by atoms with Crippen LogP contribution in [0.2, 0.25) is 0 Å². The molecule has 0 aliphatic rings. The SMILES string of the molecule is COc1ccc(C[NH+](C)Cn2nc3cc(C)c4ccccc4n3c2=S)cc1. The van der Waals surface area contributed by atoms with E-state index in [-0.39, 0.29) is 0 Å². The van der Waals surface area contributed by atoms with Gasteiger partial charge in [0.1, 0.15) is 12.3 Å². The molecular weight excluding hydrogens is 356 g/mol. The van der Waals surface area contributed by atoms with Gasteiger partial charge in [0, 0.05) is 10.9 Å². The number of quaternary nitrogens is 1. The molecule has 0 radical (unpaired) electrons. The summed E-state index contributed by atoms with van der Waals surface area (Å²) in [6.45, 7) is 3.71. The van der Waals surface area contributed by atoms with Crippen LogP contribution >= 0.6 is 12.2 Å². The molecule has 0 aliphatic carbocycles. The highest BCUT2D eigenvalue weighted by atomic mass is 32.1. The first-order valence-electron chi connectivity index (χ1n) is 8.99. The lowest BCUT2D eigenvalue weighted by atomic mass is 10.1. The van der Waals surface area contributed by atoms with Gasteiger partial charge in [0.05, 0.1) is 19.7 Å². The summed E-state index contributed by atoms with van der Waals surface area (Å²) in [6, 6.07) is 18.6. The maximum Gasteiger partial charge on any atom is 0.207 e. The van der Waals surface area contributed by atoms with Gasteiger partial charge in [0.15, 0.2) is 12.3 Å². The molecule has 0 saturated carbocycles. The Balaban J connectivity index is 1.64. The second-order valence-corrected chi connectivity index (χ2v) is 7.33. The fraction of sp³-hybridized carbons (Fsp3) is 0.238. The van der Waals surface area contributed by atoms with Gasteiger partial charge in [0.2, 0.25) is 4.77 Å². The van der Waals surface area contributed by atoms with E-state index in [2.05, 4.69) is 54.8 Å². The second kappa shape index (κ2) is 7.13. The number of pyridine rings is 1. The highest BCUT2D eigenvalue weighted by Crippen LogP contribution is 2.21. The van der Waals surface area contributed by atoms with Crippen molar-refractivity contribution < 1.29 is 9.64 Å². The van der Waals surface area contributed by atoms with Crippen LogP contribution in [0, 0.1) is 11.7 Å². The van der Waals surface area contributed by atoms with Crippen molar-refractivity contribution in [2.24, 2.45) is 0 Å². The molecule has 1 N–H and O–H groups in total. The summed E-state index contributed by atoms with van der Waals surface area (Å²) in [5, 5.41) is 5.97. The van der Waals surface area contributed by atoms with E-state index in [0.29, 0.717) is 6.67 Å². The summed E-state index contributed by atoms with van der Waals surface area (Å²) in [5.74, 6) is 0.876. The van der Waals surface area contributed by atoms with E-state index in [0.717, 1.165) is 28.2 Å². The Labute approximate surface area is 163 Å². The Morgan fingerprint density at radius 1 is 1.11 bits per heavy atom. The molecular formula is C21H23N4OS+. The summed E-state index contributed by atoms with van der Waals surface area (Å²) in [7, 11) is 3.84. The standard InChI is InChI=1S/C21H22N4OS/c1-15-12-20-22-24(21(27)25(20)19-7-5-4-6-18(15)19)14-23(2)13-16-8-10-17(26-3)11-9-16/h4-12H,13-14H2,1-3H3/p+1. The van der Waals surface area contributed by atoms with Crippen LogP contribution in [0.1, 0.15) is 11.1 Å². The lowest BCUT2D eigenvalue weighted by Crippen LogP contribution is -3.07. The van der Waals surface area contributed by atoms with Gasteiger partial charge in [-0.25, -0.2) is 0 Å². The number of rotatable bonds is 5. The Hall–Kier alpha value is -2.70. The van der Waals surface area contributed by atoms with E-state index in [9.17, 15) is 0 Å². The number of hydrogen-bond acceptors (Lipinski definition) is 3. The fourth-order valence-corrected chi connectivity index (χ4v) is 3.82. The number of aromatic nitrogens is 3. The highest BCUT2D eigenvalue weighted by Gasteiger charge is 2.12. The minimum atomic E-state index is 0.708. The Morgan fingerprint density at radius 3 is 2.59 bits per heavy atom. The topological polar surface area (TPSA) is 35.9 Å². The van der Waals surface area contributed by atoms with Gasteiger partial charge in [-0.15, -0.1) is 5.10 Å². The molecule has 0 aliphatic heterocycles. The van der Waals surface area contributed by atoms with E-state index in [1.165, 1.54) is 21.4 Å². The molecule has 4 aromatic rings. The van der Waals surface area contributed by atoms with Gasteiger partial charge in [-0.05, 0) is 61.1 Å². The van der Waals surface area contributed by atoms with Gasteiger partial charge in [-0.1, -0.05) is 18.2 Å². The maximum absolute atomic E-state index is 5.75. The molecule has 0 saturated heterocycles. The smallest absolute Gasteiger partial charge is 0.207 e. The van der Waals surface area contributed by atoms with Crippen LogP contribution in [0.5, 0.6) is 5.75 Å². The zero-order chi connectivity index (χ0) is 19.0. The molecule has 0 spiro atoms. The number of nitrogens with zero attached hydrogens (tertiary/aromatic N) is 3. The van der Waals surface area contributed by atoms with E-state index in [1.54, 1.807) is 7.11 Å². The van der Waals surface area contributed by atoms with Crippen LogP contribution in [-0.4, -0.2) is 28.3 Å². The Kier molecular flexibility index (Phi) is 4.68. The van der Waals surface area contributed by atoms with E-state index in [4.69, 9.17) is 22.1 Å². The average Bonchev–Trinajstić information content (AvgIpc) is 2.98. The monoisotopic (exact) mass is 379 g/mol. The third-order valence-corrected chi connectivity index (χ3v) is 5.26. The molecule has 5 nitrogen and oxygen atoms in total. The zero-order valence-electron chi connectivity index (χ0n) is 15.8. The summed E-state index contributed by atoms with van der Waals surface area (Å²) >= 11 is 5.75. The van der Waals surface area contributed by atoms with Crippen molar-refractivity contribution in [3.8, 4) is 5.75 Å². The predicted molar refractivity (Wildman–Crippen MR) is 110 cm³/mol. The lowest BCUT2D eigenvalue weighted by Gasteiger charge is -2.14. The number of para-hydroxylation sites is 1. The Morgan fingerprint density at radius 2 is 1.85 bits per heavy atom. The maximum atomic E-state index is 5.75. The van der Waals surface area contributed by atoms with Crippen molar-refractivity contribution in [2.45, 2.75) is 20.1 Å². The number of hydrogen-bond donors (Lipinski definition) is 1. The third kappa shape index (κ3) is 3.34. The first kappa shape index (κ1) is 17.7. The average molecular weight is 380 g/mol. The molecule has 4 rings (SSSR count). The van der Waals surface area contributed by atoms with Crippen LogP contribution < -0.4 is 9.64 Å². The Bertz CT molecular complexity index is 1160. The van der Waals surface area contributed by atoms with Crippen LogP contribution in [-0.2, 0) is 13.2 Å². The quantitative estimate of drug-likeness (QED) is 0.542. The van der Waals surface area contributed by atoms with Gasteiger partial charge in [0.25, 0.3) is 0 Å². The number of benzene rings is 2. The molecule has 138 valence electrons. The summed E-state index contributed by atoms with van der Waals surface area (Å²) in [5.41, 5.74) is 4.47. The second-order valence-electron chi connectivity index (χ2n) is 6.96. The van der Waals surface area contributed by atoms with Crippen molar-refractivity contribution in [1.29, 1.82) is 0 Å². The number of aryl methyl sites for hydroxylation is 1. The molecule has 1 unspecified atom stereocenters. The number of methoxy groups -OCH3 is 1.